The summed E-state index contributed by atoms with van der Waals surface area (Å²) in [6.07, 6.45) is -4.25. The highest BCUT2D eigenvalue weighted by Gasteiger charge is 2.32. The van der Waals surface area contributed by atoms with Gasteiger partial charge in [-0.2, -0.15) is 13.2 Å². The minimum absolute atomic E-state index is 0.0519. The Bertz CT molecular complexity index is 446. The molecule has 0 aliphatic carbocycles. The molecule has 1 aromatic rings. The number of rotatable bonds is 4. The van der Waals surface area contributed by atoms with Crippen molar-refractivity contribution < 1.29 is 18.3 Å². The molecule has 2 nitrogen and oxygen atoms in total. The predicted molar refractivity (Wildman–Crippen MR) is 72.1 cm³/mol. The summed E-state index contributed by atoms with van der Waals surface area (Å²) in [7, 11) is 0. The third-order valence-electron chi connectivity index (χ3n) is 2.83. The lowest BCUT2D eigenvalue weighted by Crippen LogP contribution is -2.38. The standard InChI is InChI=1S/C13H17BrF3NO/c1-8(2)18(7-13(15,16)17)6-10-5-11(14)4-9(3)12(10)19/h4-5,8,19H,6-7H2,1-3H3. The number of phenolic OH excluding ortho intramolecular Hbond substituents is 1. The number of aryl methyl sites for hydroxylation is 1. The Hall–Kier alpha value is -0.750. The van der Waals surface area contributed by atoms with Crippen LogP contribution in [-0.4, -0.2) is 28.8 Å². The molecule has 0 radical (unpaired) electrons. The van der Waals surface area contributed by atoms with Crippen molar-refractivity contribution in [2.45, 2.75) is 39.5 Å². The van der Waals surface area contributed by atoms with Gasteiger partial charge in [-0.15, -0.1) is 0 Å². The number of alkyl halides is 3. The van der Waals surface area contributed by atoms with Crippen molar-refractivity contribution in [3.63, 3.8) is 0 Å². The van der Waals surface area contributed by atoms with E-state index in [-0.39, 0.29) is 18.3 Å². The van der Waals surface area contributed by atoms with Crippen LogP contribution in [0.25, 0.3) is 0 Å². The molecule has 0 atom stereocenters. The second-order valence-electron chi connectivity index (χ2n) is 4.84. The van der Waals surface area contributed by atoms with E-state index in [1.54, 1.807) is 32.9 Å². The smallest absolute Gasteiger partial charge is 0.401 e. The van der Waals surface area contributed by atoms with Crippen molar-refractivity contribution in [3.8, 4) is 5.75 Å². The van der Waals surface area contributed by atoms with E-state index >= 15 is 0 Å². The van der Waals surface area contributed by atoms with E-state index in [0.29, 0.717) is 11.1 Å². The van der Waals surface area contributed by atoms with E-state index in [1.807, 2.05) is 0 Å². The van der Waals surface area contributed by atoms with Crippen molar-refractivity contribution in [2.75, 3.05) is 6.54 Å². The van der Waals surface area contributed by atoms with Crippen LogP contribution in [-0.2, 0) is 6.54 Å². The fourth-order valence-electron chi connectivity index (χ4n) is 1.80. The second kappa shape index (κ2) is 6.13. The van der Waals surface area contributed by atoms with Gasteiger partial charge in [-0.3, -0.25) is 4.90 Å². The maximum atomic E-state index is 12.5. The molecule has 0 amide bonds. The Morgan fingerprint density at radius 3 is 2.37 bits per heavy atom. The lowest BCUT2D eigenvalue weighted by Gasteiger charge is -2.28. The Labute approximate surface area is 119 Å². The maximum absolute atomic E-state index is 12.5. The summed E-state index contributed by atoms with van der Waals surface area (Å²) in [4.78, 5) is 1.28. The molecule has 108 valence electrons. The lowest BCUT2D eigenvalue weighted by atomic mass is 10.1. The zero-order chi connectivity index (χ0) is 14.8. The third kappa shape index (κ3) is 5.03. The van der Waals surface area contributed by atoms with Crippen LogP contribution in [0.1, 0.15) is 25.0 Å². The van der Waals surface area contributed by atoms with Crippen molar-refractivity contribution in [2.24, 2.45) is 0 Å². The first-order valence-corrected chi connectivity index (χ1v) is 6.68. The normalized spacial score (nSPS) is 12.5. The molecule has 0 saturated heterocycles. The quantitative estimate of drug-likeness (QED) is 0.886. The molecule has 0 aliphatic rings. The van der Waals surface area contributed by atoms with Crippen LogP contribution < -0.4 is 0 Å². The maximum Gasteiger partial charge on any atom is 0.401 e. The number of hydrogen-bond acceptors (Lipinski definition) is 2. The zero-order valence-corrected chi connectivity index (χ0v) is 12.6. The van der Waals surface area contributed by atoms with Gasteiger partial charge in [0.2, 0.25) is 0 Å². The van der Waals surface area contributed by atoms with E-state index in [9.17, 15) is 18.3 Å². The van der Waals surface area contributed by atoms with Crippen LogP contribution in [0, 0.1) is 6.92 Å². The number of aromatic hydroxyl groups is 1. The van der Waals surface area contributed by atoms with Gasteiger partial charge in [0, 0.05) is 22.6 Å². The molecule has 0 aromatic heterocycles. The lowest BCUT2D eigenvalue weighted by molar-refractivity contribution is -0.150. The number of nitrogens with zero attached hydrogens (tertiary/aromatic N) is 1. The van der Waals surface area contributed by atoms with Crippen LogP contribution >= 0.6 is 15.9 Å². The minimum atomic E-state index is -4.25. The van der Waals surface area contributed by atoms with E-state index < -0.39 is 12.7 Å². The van der Waals surface area contributed by atoms with Crippen molar-refractivity contribution in [1.82, 2.24) is 4.90 Å². The Morgan fingerprint density at radius 2 is 1.89 bits per heavy atom. The molecule has 0 spiro atoms. The highest BCUT2D eigenvalue weighted by Crippen LogP contribution is 2.29. The summed E-state index contributed by atoms with van der Waals surface area (Å²) in [6.45, 7) is 4.19. The van der Waals surface area contributed by atoms with Crippen LogP contribution in [0.4, 0.5) is 13.2 Å². The van der Waals surface area contributed by atoms with Crippen LogP contribution in [0.2, 0.25) is 0 Å². The van der Waals surface area contributed by atoms with Gasteiger partial charge in [-0.1, -0.05) is 15.9 Å². The zero-order valence-electron chi connectivity index (χ0n) is 11.1. The van der Waals surface area contributed by atoms with Crippen molar-refractivity contribution >= 4 is 15.9 Å². The second-order valence-corrected chi connectivity index (χ2v) is 5.76. The van der Waals surface area contributed by atoms with E-state index in [0.717, 1.165) is 4.47 Å². The summed E-state index contributed by atoms with van der Waals surface area (Å²) in [6, 6.07) is 3.11. The molecule has 0 saturated carbocycles. The summed E-state index contributed by atoms with van der Waals surface area (Å²) in [5.74, 6) is 0.0519. The summed E-state index contributed by atoms with van der Waals surface area (Å²) in [5.41, 5.74) is 1.13. The fourth-order valence-corrected chi connectivity index (χ4v) is 2.42. The first-order chi connectivity index (χ1) is 8.60. The van der Waals surface area contributed by atoms with Crippen molar-refractivity contribution in [3.05, 3.63) is 27.7 Å². The van der Waals surface area contributed by atoms with Crippen molar-refractivity contribution in [1.29, 1.82) is 0 Å². The molecule has 1 aromatic carbocycles. The molecule has 1 rings (SSSR count). The van der Waals surface area contributed by atoms with E-state index in [1.165, 1.54) is 4.90 Å². The van der Waals surface area contributed by atoms with Crippen LogP contribution in [0.3, 0.4) is 0 Å². The van der Waals surface area contributed by atoms with Gasteiger partial charge in [-0.05, 0) is 38.5 Å². The fraction of sp³-hybridized carbons (Fsp3) is 0.538. The molecule has 0 fully saturated rings. The molecule has 0 heterocycles. The molecule has 19 heavy (non-hydrogen) atoms. The van der Waals surface area contributed by atoms with Gasteiger partial charge in [-0.25, -0.2) is 0 Å². The summed E-state index contributed by atoms with van der Waals surface area (Å²) in [5, 5.41) is 9.92. The average molecular weight is 340 g/mol. The highest BCUT2D eigenvalue weighted by atomic mass is 79.9. The molecule has 0 bridgehead atoms. The van der Waals surface area contributed by atoms with Gasteiger partial charge >= 0.3 is 6.18 Å². The van der Waals surface area contributed by atoms with Crippen LogP contribution in [0.15, 0.2) is 16.6 Å². The first kappa shape index (κ1) is 16.3. The first-order valence-electron chi connectivity index (χ1n) is 5.89. The molecule has 0 unspecified atom stereocenters. The largest absolute Gasteiger partial charge is 0.507 e. The van der Waals surface area contributed by atoms with E-state index in [4.69, 9.17) is 0 Å². The van der Waals surface area contributed by atoms with Gasteiger partial charge in [0.1, 0.15) is 5.75 Å². The molecule has 1 N–H and O–H groups in total. The molecular weight excluding hydrogens is 323 g/mol. The summed E-state index contributed by atoms with van der Waals surface area (Å²) >= 11 is 3.28. The number of benzene rings is 1. The Morgan fingerprint density at radius 1 is 1.32 bits per heavy atom. The van der Waals surface area contributed by atoms with E-state index in [2.05, 4.69) is 15.9 Å². The number of halogens is 4. The summed E-state index contributed by atoms with van der Waals surface area (Å²) < 4.78 is 38.3. The molecular formula is C13H17BrF3NO. The number of hydrogen-bond donors (Lipinski definition) is 1. The topological polar surface area (TPSA) is 23.5 Å². The number of phenols is 1. The highest BCUT2D eigenvalue weighted by molar-refractivity contribution is 9.10. The van der Waals surface area contributed by atoms with Gasteiger partial charge < -0.3 is 5.11 Å². The minimum Gasteiger partial charge on any atom is -0.507 e. The SMILES string of the molecule is Cc1cc(Br)cc(CN(CC(F)(F)F)C(C)C)c1O. The molecule has 6 heteroatoms. The third-order valence-corrected chi connectivity index (χ3v) is 3.29. The molecule has 0 aliphatic heterocycles. The van der Waals surface area contributed by atoms with Crippen LogP contribution in [0.5, 0.6) is 5.75 Å². The average Bonchev–Trinajstić information content (AvgIpc) is 2.22. The van der Waals surface area contributed by atoms with Gasteiger partial charge in [0.15, 0.2) is 0 Å². The Balaban J connectivity index is 2.97. The van der Waals surface area contributed by atoms with Gasteiger partial charge in [0.05, 0.1) is 6.54 Å². The van der Waals surface area contributed by atoms with Gasteiger partial charge in [0.25, 0.3) is 0 Å². The Kier molecular flexibility index (Phi) is 5.26. The predicted octanol–water partition coefficient (Wildman–Crippen LogP) is 4.24. The monoisotopic (exact) mass is 339 g/mol.